The van der Waals surface area contributed by atoms with Gasteiger partial charge in [-0.3, -0.25) is 4.79 Å². The maximum atomic E-state index is 11.5. The minimum atomic E-state index is -0.457. The molecule has 0 amide bonds. The van der Waals surface area contributed by atoms with Crippen LogP contribution in [0.2, 0.25) is 15.1 Å². The first-order valence-electron chi connectivity index (χ1n) is 5.37. The maximum Gasteiger partial charge on any atom is 0.313 e. The molecule has 0 saturated carbocycles. The summed E-state index contributed by atoms with van der Waals surface area (Å²) in [6.07, 6.45) is 0.202. The Kier molecular flexibility index (Phi) is 6.22. The topological polar surface area (TPSA) is 35.5 Å². The van der Waals surface area contributed by atoms with Gasteiger partial charge in [-0.1, -0.05) is 34.8 Å². The Hall–Kier alpha value is -0.480. The Morgan fingerprint density at radius 2 is 1.78 bits per heavy atom. The second-order valence-electron chi connectivity index (χ2n) is 3.84. The van der Waals surface area contributed by atoms with Gasteiger partial charge in [-0.25, -0.2) is 0 Å². The SMILES string of the molecule is CC(C)OCCC(=O)Oc1c(Cl)cc(Cl)cc1Cl. The molecule has 0 aromatic heterocycles. The van der Waals surface area contributed by atoms with Crippen molar-refractivity contribution in [3.8, 4) is 5.75 Å². The fraction of sp³-hybridized carbons (Fsp3) is 0.417. The molecule has 0 bridgehead atoms. The molecule has 18 heavy (non-hydrogen) atoms. The molecule has 6 heteroatoms. The lowest BCUT2D eigenvalue weighted by molar-refractivity contribution is -0.135. The number of carbonyl (C=O) groups is 1. The van der Waals surface area contributed by atoms with Crippen molar-refractivity contribution >= 4 is 40.8 Å². The summed E-state index contributed by atoms with van der Waals surface area (Å²) >= 11 is 17.5. The summed E-state index contributed by atoms with van der Waals surface area (Å²) < 4.78 is 10.3. The minimum Gasteiger partial charge on any atom is -0.423 e. The van der Waals surface area contributed by atoms with Gasteiger partial charge in [0.2, 0.25) is 0 Å². The predicted octanol–water partition coefficient (Wildman–Crippen LogP) is 4.37. The molecule has 100 valence electrons. The molecule has 0 aliphatic carbocycles. The van der Waals surface area contributed by atoms with E-state index in [1.165, 1.54) is 12.1 Å². The van der Waals surface area contributed by atoms with E-state index in [1.54, 1.807) is 0 Å². The number of ether oxygens (including phenoxy) is 2. The standard InChI is InChI=1S/C12H13Cl3O3/c1-7(2)17-4-3-11(16)18-12-9(14)5-8(13)6-10(12)15/h5-7H,3-4H2,1-2H3. The lowest BCUT2D eigenvalue weighted by Crippen LogP contribution is -2.14. The fourth-order valence-corrected chi connectivity index (χ4v) is 2.06. The van der Waals surface area contributed by atoms with Crippen LogP contribution < -0.4 is 4.74 Å². The number of rotatable bonds is 5. The zero-order valence-corrected chi connectivity index (χ0v) is 12.3. The Morgan fingerprint density at radius 3 is 2.28 bits per heavy atom. The highest BCUT2D eigenvalue weighted by atomic mass is 35.5. The molecule has 0 radical (unpaired) electrons. The van der Waals surface area contributed by atoms with E-state index in [0.717, 1.165) is 0 Å². The normalized spacial score (nSPS) is 10.8. The van der Waals surface area contributed by atoms with Crippen LogP contribution in [0.4, 0.5) is 0 Å². The van der Waals surface area contributed by atoms with Gasteiger partial charge >= 0.3 is 5.97 Å². The molecule has 3 nitrogen and oxygen atoms in total. The van der Waals surface area contributed by atoms with Crippen LogP contribution in [0.15, 0.2) is 12.1 Å². The third-order valence-corrected chi connectivity index (χ3v) is 2.72. The largest absolute Gasteiger partial charge is 0.423 e. The van der Waals surface area contributed by atoms with Gasteiger partial charge in [0, 0.05) is 5.02 Å². The van der Waals surface area contributed by atoms with Crippen LogP contribution >= 0.6 is 34.8 Å². The molecule has 0 spiro atoms. The number of hydrogen-bond donors (Lipinski definition) is 0. The van der Waals surface area contributed by atoms with E-state index in [1.807, 2.05) is 13.8 Å². The summed E-state index contributed by atoms with van der Waals surface area (Å²) in [5.74, 6) is -0.334. The first-order chi connectivity index (χ1) is 8.40. The van der Waals surface area contributed by atoms with Crippen LogP contribution in [-0.2, 0) is 9.53 Å². The molecular weight excluding hydrogens is 298 g/mol. The molecule has 1 aromatic rings. The van der Waals surface area contributed by atoms with E-state index in [2.05, 4.69) is 0 Å². The maximum absolute atomic E-state index is 11.5. The highest BCUT2D eigenvalue weighted by Gasteiger charge is 2.13. The molecule has 0 aliphatic rings. The van der Waals surface area contributed by atoms with Crippen LogP contribution in [0.1, 0.15) is 20.3 Å². The van der Waals surface area contributed by atoms with Crippen molar-refractivity contribution in [3.05, 3.63) is 27.2 Å². The molecule has 1 rings (SSSR count). The molecule has 0 unspecified atom stereocenters. The van der Waals surface area contributed by atoms with Gasteiger partial charge in [0.25, 0.3) is 0 Å². The lowest BCUT2D eigenvalue weighted by Gasteiger charge is -2.10. The molecule has 0 saturated heterocycles. The van der Waals surface area contributed by atoms with E-state index in [9.17, 15) is 4.79 Å². The number of esters is 1. The Labute approximate surface area is 121 Å². The van der Waals surface area contributed by atoms with Crippen LogP contribution in [0.25, 0.3) is 0 Å². The summed E-state index contributed by atoms with van der Waals surface area (Å²) in [6.45, 7) is 4.07. The summed E-state index contributed by atoms with van der Waals surface area (Å²) in [6, 6.07) is 2.92. The van der Waals surface area contributed by atoms with E-state index in [4.69, 9.17) is 44.3 Å². The van der Waals surface area contributed by atoms with Gasteiger partial charge in [0.05, 0.1) is 29.2 Å². The summed E-state index contributed by atoms with van der Waals surface area (Å²) in [5.41, 5.74) is 0. The molecule has 0 fully saturated rings. The van der Waals surface area contributed by atoms with Crippen LogP contribution in [-0.4, -0.2) is 18.7 Å². The van der Waals surface area contributed by atoms with Gasteiger partial charge < -0.3 is 9.47 Å². The second kappa shape index (κ2) is 7.19. The average Bonchev–Trinajstić information content (AvgIpc) is 2.22. The first kappa shape index (κ1) is 15.6. The third-order valence-electron chi connectivity index (χ3n) is 1.94. The molecule has 1 aromatic carbocycles. The van der Waals surface area contributed by atoms with Crippen molar-refractivity contribution in [1.82, 2.24) is 0 Å². The number of carbonyl (C=O) groups excluding carboxylic acids is 1. The highest BCUT2D eigenvalue weighted by Crippen LogP contribution is 2.35. The van der Waals surface area contributed by atoms with Crippen LogP contribution in [0.3, 0.4) is 0 Å². The highest BCUT2D eigenvalue weighted by molar-refractivity contribution is 6.40. The Balaban J connectivity index is 2.59. The van der Waals surface area contributed by atoms with E-state index < -0.39 is 5.97 Å². The molecule has 0 heterocycles. The van der Waals surface area contributed by atoms with Gasteiger partial charge in [-0.2, -0.15) is 0 Å². The Bertz CT molecular complexity index is 410. The van der Waals surface area contributed by atoms with Crippen molar-refractivity contribution < 1.29 is 14.3 Å². The first-order valence-corrected chi connectivity index (χ1v) is 6.50. The average molecular weight is 312 g/mol. The van der Waals surface area contributed by atoms with E-state index >= 15 is 0 Å². The van der Waals surface area contributed by atoms with Gasteiger partial charge in [0.1, 0.15) is 0 Å². The molecular formula is C12H13Cl3O3. The molecule has 0 atom stereocenters. The van der Waals surface area contributed by atoms with Crippen molar-refractivity contribution in [2.75, 3.05) is 6.61 Å². The molecule has 0 aliphatic heterocycles. The van der Waals surface area contributed by atoms with Crippen molar-refractivity contribution in [3.63, 3.8) is 0 Å². The minimum absolute atomic E-state index is 0.0699. The van der Waals surface area contributed by atoms with E-state index in [-0.39, 0.29) is 28.3 Å². The Morgan fingerprint density at radius 1 is 1.22 bits per heavy atom. The monoisotopic (exact) mass is 310 g/mol. The number of benzene rings is 1. The zero-order chi connectivity index (χ0) is 13.7. The van der Waals surface area contributed by atoms with Crippen LogP contribution in [0.5, 0.6) is 5.75 Å². The van der Waals surface area contributed by atoms with Crippen molar-refractivity contribution in [1.29, 1.82) is 0 Å². The van der Waals surface area contributed by atoms with Crippen LogP contribution in [0, 0.1) is 0 Å². The third kappa shape index (κ3) is 5.02. The predicted molar refractivity (Wildman–Crippen MR) is 72.8 cm³/mol. The van der Waals surface area contributed by atoms with Crippen molar-refractivity contribution in [2.24, 2.45) is 0 Å². The fourth-order valence-electron chi connectivity index (χ4n) is 1.17. The number of hydrogen-bond acceptors (Lipinski definition) is 3. The van der Waals surface area contributed by atoms with E-state index in [0.29, 0.717) is 11.6 Å². The lowest BCUT2D eigenvalue weighted by atomic mass is 10.3. The summed E-state index contributed by atoms with van der Waals surface area (Å²) in [7, 11) is 0. The second-order valence-corrected chi connectivity index (χ2v) is 5.09. The van der Waals surface area contributed by atoms with Gasteiger partial charge in [0.15, 0.2) is 5.75 Å². The zero-order valence-electron chi connectivity index (χ0n) is 10.0. The molecule has 0 N–H and O–H groups in total. The smallest absolute Gasteiger partial charge is 0.313 e. The van der Waals surface area contributed by atoms with Gasteiger partial charge in [-0.05, 0) is 26.0 Å². The van der Waals surface area contributed by atoms with Crippen molar-refractivity contribution in [2.45, 2.75) is 26.4 Å². The summed E-state index contributed by atoms with van der Waals surface area (Å²) in [4.78, 5) is 11.5. The van der Waals surface area contributed by atoms with Gasteiger partial charge in [-0.15, -0.1) is 0 Å². The quantitative estimate of drug-likeness (QED) is 0.598. The summed E-state index contributed by atoms with van der Waals surface area (Å²) in [5, 5.41) is 0.782. The number of halogens is 3.